The number of hydrogen-bond donors (Lipinski definition) is 0. The molecule has 0 saturated carbocycles. The summed E-state index contributed by atoms with van der Waals surface area (Å²) < 4.78 is 37.6. The van der Waals surface area contributed by atoms with Gasteiger partial charge in [-0.15, -0.1) is 0 Å². The van der Waals surface area contributed by atoms with Crippen LogP contribution in [0.5, 0.6) is 0 Å². The molecule has 0 aromatic rings. The van der Waals surface area contributed by atoms with Crippen LogP contribution >= 0.6 is 0 Å². The van der Waals surface area contributed by atoms with Gasteiger partial charge in [0, 0.05) is 18.2 Å². The van der Waals surface area contributed by atoms with E-state index in [0.717, 1.165) is 6.08 Å². The molecule has 0 radical (unpaired) electrons. The van der Waals surface area contributed by atoms with Gasteiger partial charge in [-0.2, -0.15) is 0 Å². The summed E-state index contributed by atoms with van der Waals surface area (Å²) in [5.74, 6) is -0.906. The van der Waals surface area contributed by atoms with Gasteiger partial charge in [-0.3, -0.25) is 4.48 Å². The predicted molar refractivity (Wildman–Crippen MR) is 71.1 cm³/mol. The number of carbonyl (C=O) groups excluding carboxylic acids is 1. The summed E-state index contributed by atoms with van der Waals surface area (Å²) in [6.07, 6.45) is 1.34. The van der Waals surface area contributed by atoms with E-state index in [1.165, 1.54) is 0 Å². The molecule has 1 unspecified atom stereocenters. The molecule has 0 N–H and O–H groups in total. The van der Waals surface area contributed by atoms with E-state index in [9.17, 15) is 17.8 Å². The number of esters is 1. The number of quaternary nitrogens is 1. The molecule has 0 aromatic carbocycles. The largest absolute Gasteiger partial charge is 0.748 e. The second kappa shape index (κ2) is 7.62. The average molecular weight is 293 g/mol. The Balaban J connectivity index is 4.75. The lowest BCUT2D eigenvalue weighted by Crippen LogP contribution is -2.56. The van der Waals surface area contributed by atoms with Crippen molar-refractivity contribution in [3.05, 3.63) is 12.7 Å². The van der Waals surface area contributed by atoms with Gasteiger partial charge in [0.1, 0.15) is 0 Å². The molecular formula is C12H23NO5S. The second-order valence-electron chi connectivity index (χ2n) is 4.55. The quantitative estimate of drug-likeness (QED) is 0.207. The van der Waals surface area contributed by atoms with Crippen molar-refractivity contribution < 1.29 is 27.0 Å². The minimum atomic E-state index is -4.22. The maximum atomic E-state index is 11.1. The highest BCUT2D eigenvalue weighted by Crippen LogP contribution is 2.17. The van der Waals surface area contributed by atoms with Crippen LogP contribution in [0.1, 0.15) is 27.2 Å². The van der Waals surface area contributed by atoms with Crippen LogP contribution in [0.25, 0.3) is 0 Å². The van der Waals surface area contributed by atoms with Crippen LogP contribution in [0.4, 0.5) is 0 Å². The summed E-state index contributed by atoms with van der Waals surface area (Å²) in [7, 11) is -4.22. The molecule has 0 heterocycles. The van der Waals surface area contributed by atoms with E-state index >= 15 is 0 Å². The lowest BCUT2D eigenvalue weighted by molar-refractivity contribution is -0.961. The van der Waals surface area contributed by atoms with Crippen molar-refractivity contribution in [2.24, 2.45) is 0 Å². The molecule has 0 bridgehead atoms. The number of carbonyl (C=O) groups is 1. The Kier molecular flexibility index (Phi) is 7.25. The SMILES string of the molecule is C=CC(=O)OC[N+](CC)(CC)C(C)CCS(=O)(=O)[O-]. The smallest absolute Gasteiger partial charge is 0.334 e. The maximum absolute atomic E-state index is 11.1. The molecule has 0 spiro atoms. The Hall–Kier alpha value is -0.920. The summed E-state index contributed by atoms with van der Waals surface area (Å²) in [5, 5.41) is 0. The van der Waals surface area contributed by atoms with E-state index in [1.807, 2.05) is 20.8 Å². The van der Waals surface area contributed by atoms with Crippen LogP contribution in [0.15, 0.2) is 12.7 Å². The Morgan fingerprint density at radius 2 is 1.95 bits per heavy atom. The lowest BCUT2D eigenvalue weighted by Gasteiger charge is -2.41. The van der Waals surface area contributed by atoms with Gasteiger partial charge < -0.3 is 9.29 Å². The summed E-state index contributed by atoms with van der Waals surface area (Å²) in [4.78, 5) is 11.1. The first-order valence-corrected chi connectivity index (χ1v) is 7.87. The van der Waals surface area contributed by atoms with E-state index < -0.39 is 21.8 Å². The fourth-order valence-corrected chi connectivity index (χ4v) is 2.63. The first kappa shape index (κ1) is 18.1. The van der Waals surface area contributed by atoms with Crippen molar-refractivity contribution in [2.45, 2.75) is 33.2 Å². The average Bonchev–Trinajstić information content (AvgIpc) is 2.36. The predicted octanol–water partition coefficient (Wildman–Crippen LogP) is 0.854. The molecule has 19 heavy (non-hydrogen) atoms. The van der Waals surface area contributed by atoms with E-state index in [1.54, 1.807) is 0 Å². The Morgan fingerprint density at radius 3 is 2.32 bits per heavy atom. The molecule has 1 atom stereocenters. The number of ether oxygens (including phenoxy) is 1. The van der Waals surface area contributed by atoms with Crippen molar-refractivity contribution in [1.82, 2.24) is 0 Å². The third-order valence-electron chi connectivity index (χ3n) is 3.61. The van der Waals surface area contributed by atoms with Crippen molar-refractivity contribution >= 4 is 16.1 Å². The summed E-state index contributed by atoms with van der Waals surface area (Å²) in [6.45, 7) is 10.6. The van der Waals surface area contributed by atoms with Crippen molar-refractivity contribution in [1.29, 1.82) is 0 Å². The highest BCUT2D eigenvalue weighted by molar-refractivity contribution is 7.85. The molecule has 0 rings (SSSR count). The fraction of sp³-hybridized carbons (Fsp3) is 0.750. The highest BCUT2D eigenvalue weighted by Gasteiger charge is 2.31. The molecule has 0 aliphatic carbocycles. The minimum Gasteiger partial charge on any atom is -0.748 e. The molecule has 0 fully saturated rings. The zero-order valence-corrected chi connectivity index (χ0v) is 12.6. The number of nitrogens with zero attached hydrogens (tertiary/aromatic N) is 1. The van der Waals surface area contributed by atoms with E-state index in [0.29, 0.717) is 17.6 Å². The van der Waals surface area contributed by atoms with Crippen molar-refractivity contribution in [2.75, 3.05) is 25.6 Å². The van der Waals surface area contributed by atoms with E-state index in [4.69, 9.17) is 4.74 Å². The molecule has 0 aromatic heterocycles. The summed E-state index contributed by atoms with van der Waals surface area (Å²) in [5.41, 5.74) is 0. The molecule has 0 saturated heterocycles. The topological polar surface area (TPSA) is 83.5 Å². The number of hydrogen-bond acceptors (Lipinski definition) is 5. The Morgan fingerprint density at radius 1 is 1.42 bits per heavy atom. The van der Waals surface area contributed by atoms with Gasteiger partial charge in [0.15, 0.2) is 0 Å². The maximum Gasteiger partial charge on any atom is 0.334 e. The standard InChI is InChI=1S/C12H23NO5S/c1-5-12(14)18-10-13(6-2,7-3)11(4)8-9-19(15,16)17/h5,11H,1,6-10H2,2-4H3. The van der Waals surface area contributed by atoms with Crippen LogP contribution < -0.4 is 0 Å². The van der Waals surface area contributed by atoms with Gasteiger partial charge in [0.05, 0.1) is 29.2 Å². The van der Waals surface area contributed by atoms with Gasteiger partial charge in [0.25, 0.3) is 0 Å². The van der Waals surface area contributed by atoms with Gasteiger partial charge >= 0.3 is 5.97 Å². The second-order valence-corrected chi connectivity index (χ2v) is 6.07. The summed E-state index contributed by atoms with van der Waals surface area (Å²) in [6, 6.07) is -0.0867. The minimum absolute atomic E-state index is 0.0867. The number of rotatable bonds is 9. The van der Waals surface area contributed by atoms with E-state index in [2.05, 4.69) is 6.58 Å². The molecule has 0 amide bonds. The zero-order chi connectivity index (χ0) is 15.1. The van der Waals surface area contributed by atoms with Crippen LogP contribution in [0.3, 0.4) is 0 Å². The fourth-order valence-electron chi connectivity index (χ4n) is 2.00. The summed E-state index contributed by atoms with van der Waals surface area (Å²) >= 11 is 0. The first-order chi connectivity index (χ1) is 8.70. The van der Waals surface area contributed by atoms with Crippen LogP contribution in [0, 0.1) is 0 Å². The lowest BCUT2D eigenvalue weighted by atomic mass is 10.1. The first-order valence-electron chi connectivity index (χ1n) is 6.29. The molecule has 0 aliphatic rings. The van der Waals surface area contributed by atoms with Crippen LogP contribution in [0.2, 0.25) is 0 Å². The highest BCUT2D eigenvalue weighted by atomic mass is 32.2. The van der Waals surface area contributed by atoms with Gasteiger partial charge in [-0.1, -0.05) is 6.58 Å². The Bertz CT molecular complexity index is 400. The van der Waals surface area contributed by atoms with Gasteiger partial charge in [0.2, 0.25) is 6.73 Å². The van der Waals surface area contributed by atoms with Crippen molar-refractivity contribution in [3.63, 3.8) is 0 Å². The molecule has 6 nitrogen and oxygen atoms in total. The third-order valence-corrected chi connectivity index (χ3v) is 4.35. The third kappa shape index (κ3) is 6.17. The van der Waals surface area contributed by atoms with Crippen LogP contribution in [-0.4, -0.2) is 55.0 Å². The molecule has 112 valence electrons. The molecular weight excluding hydrogens is 270 g/mol. The van der Waals surface area contributed by atoms with Gasteiger partial charge in [-0.05, 0) is 20.8 Å². The van der Waals surface area contributed by atoms with Crippen molar-refractivity contribution in [3.8, 4) is 0 Å². The van der Waals surface area contributed by atoms with Gasteiger partial charge in [-0.25, -0.2) is 13.2 Å². The Labute approximate surface area is 115 Å². The normalized spacial score (nSPS) is 13.9. The molecule has 0 aliphatic heterocycles. The van der Waals surface area contributed by atoms with E-state index in [-0.39, 0.29) is 19.2 Å². The zero-order valence-electron chi connectivity index (χ0n) is 11.8. The molecule has 7 heteroatoms. The van der Waals surface area contributed by atoms with Crippen LogP contribution in [-0.2, 0) is 19.6 Å². The monoisotopic (exact) mass is 293 g/mol.